The van der Waals surface area contributed by atoms with Gasteiger partial charge in [0, 0.05) is 37.6 Å². The van der Waals surface area contributed by atoms with Crippen LogP contribution in [0.1, 0.15) is 11.3 Å². The van der Waals surface area contributed by atoms with E-state index in [1.165, 1.54) is 10.6 Å². The van der Waals surface area contributed by atoms with Crippen LogP contribution in [0.2, 0.25) is 0 Å². The fraction of sp³-hybridized carbons (Fsp3) is 0.350. The van der Waals surface area contributed by atoms with Crippen LogP contribution in [0.25, 0.3) is 16.9 Å². The lowest BCUT2D eigenvalue weighted by molar-refractivity contribution is 0.384. The number of benzene rings is 1. The number of halogens is 1. The second-order valence-corrected chi connectivity index (χ2v) is 7.50. The number of aryl methyl sites for hydroxylation is 2. The monoisotopic (exact) mass is 398 g/mol. The van der Waals surface area contributed by atoms with Gasteiger partial charge in [0.1, 0.15) is 5.82 Å². The smallest absolute Gasteiger partial charge is 0.313 e. The summed E-state index contributed by atoms with van der Waals surface area (Å²) in [6.07, 6.45) is 1.85. The van der Waals surface area contributed by atoms with Crippen LogP contribution in [0.4, 0.5) is 4.39 Å². The van der Waals surface area contributed by atoms with Gasteiger partial charge in [-0.05, 0) is 27.1 Å². The van der Waals surface area contributed by atoms with Gasteiger partial charge in [0.25, 0.3) is 5.56 Å². The van der Waals surface area contributed by atoms with Crippen LogP contribution in [0.15, 0.2) is 40.1 Å². The van der Waals surface area contributed by atoms with Crippen LogP contribution in [0.5, 0.6) is 0 Å². The highest BCUT2D eigenvalue weighted by atomic mass is 19.1. The first-order valence-corrected chi connectivity index (χ1v) is 9.35. The largest absolute Gasteiger partial charge is 0.332 e. The SMILES string of the molecule is Cc1cn2c3c(=O)n(Cc4ccccc4F)c(=O)n(C)c3nc2n1CCN(C)C. The van der Waals surface area contributed by atoms with Crippen LogP contribution >= 0.6 is 0 Å². The summed E-state index contributed by atoms with van der Waals surface area (Å²) in [5, 5.41) is 0. The lowest BCUT2D eigenvalue weighted by Crippen LogP contribution is -2.39. The van der Waals surface area contributed by atoms with E-state index >= 15 is 0 Å². The molecule has 152 valence electrons. The third kappa shape index (κ3) is 3.07. The third-order valence-corrected chi connectivity index (χ3v) is 5.20. The van der Waals surface area contributed by atoms with Crippen LogP contribution < -0.4 is 11.2 Å². The molecular weight excluding hydrogens is 375 g/mol. The molecule has 29 heavy (non-hydrogen) atoms. The van der Waals surface area contributed by atoms with Crippen molar-refractivity contribution in [3.8, 4) is 0 Å². The third-order valence-electron chi connectivity index (χ3n) is 5.20. The first-order chi connectivity index (χ1) is 13.8. The zero-order valence-corrected chi connectivity index (χ0v) is 16.9. The number of rotatable bonds is 5. The van der Waals surface area contributed by atoms with E-state index in [4.69, 9.17) is 0 Å². The summed E-state index contributed by atoms with van der Waals surface area (Å²) >= 11 is 0. The maximum absolute atomic E-state index is 14.1. The molecule has 0 N–H and O–H groups in total. The summed E-state index contributed by atoms with van der Waals surface area (Å²) in [5.41, 5.74) is 0.868. The van der Waals surface area contributed by atoms with Crippen molar-refractivity contribution in [2.75, 3.05) is 20.6 Å². The molecule has 0 aliphatic rings. The molecule has 0 spiro atoms. The molecule has 8 nitrogen and oxygen atoms in total. The maximum Gasteiger partial charge on any atom is 0.332 e. The predicted octanol–water partition coefficient (Wildman–Crippen LogP) is 1.21. The molecule has 0 bridgehead atoms. The lowest BCUT2D eigenvalue weighted by atomic mass is 10.2. The van der Waals surface area contributed by atoms with Gasteiger partial charge in [-0.15, -0.1) is 0 Å². The fourth-order valence-electron chi connectivity index (χ4n) is 3.57. The minimum absolute atomic E-state index is 0.137. The summed E-state index contributed by atoms with van der Waals surface area (Å²) in [5.74, 6) is 0.153. The summed E-state index contributed by atoms with van der Waals surface area (Å²) in [7, 11) is 5.55. The van der Waals surface area contributed by atoms with Crippen molar-refractivity contribution in [1.82, 2.24) is 28.0 Å². The molecule has 0 saturated heterocycles. The van der Waals surface area contributed by atoms with Gasteiger partial charge in [-0.3, -0.25) is 18.3 Å². The Morgan fingerprint density at radius 3 is 2.55 bits per heavy atom. The first-order valence-electron chi connectivity index (χ1n) is 9.35. The number of hydrogen-bond donors (Lipinski definition) is 0. The Bertz CT molecular complexity index is 1340. The topological polar surface area (TPSA) is 69.5 Å². The second-order valence-electron chi connectivity index (χ2n) is 7.50. The highest BCUT2D eigenvalue weighted by Crippen LogP contribution is 2.16. The van der Waals surface area contributed by atoms with E-state index in [0.29, 0.717) is 23.5 Å². The van der Waals surface area contributed by atoms with E-state index in [9.17, 15) is 14.0 Å². The summed E-state index contributed by atoms with van der Waals surface area (Å²) in [6.45, 7) is 3.33. The minimum Gasteiger partial charge on any atom is -0.313 e. The van der Waals surface area contributed by atoms with Gasteiger partial charge >= 0.3 is 5.69 Å². The number of aromatic nitrogens is 5. The van der Waals surface area contributed by atoms with Gasteiger partial charge in [0.2, 0.25) is 5.78 Å². The Kier molecular flexibility index (Phi) is 4.62. The normalized spacial score (nSPS) is 11.9. The number of fused-ring (bicyclic) bond motifs is 3. The summed E-state index contributed by atoms with van der Waals surface area (Å²) in [6, 6.07) is 6.13. The Labute approximate surface area is 166 Å². The zero-order chi connectivity index (χ0) is 20.9. The van der Waals surface area contributed by atoms with Gasteiger partial charge < -0.3 is 9.47 Å². The van der Waals surface area contributed by atoms with Crippen molar-refractivity contribution >= 4 is 16.9 Å². The number of hydrogen-bond acceptors (Lipinski definition) is 4. The van der Waals surface area contributed by atoms with Crippen molar-refractivity contribution in [3.05, 3.63) is 68.4 Å². The van der Waals surface area contributed by atoms with Crippen molar-refractivity contribution in [3.63, 3.8) is 0 Å². The van der Waals surface area contributed by atoms with E-state index in [0.717, 1.165) is 16.8 Å². The Morgan fingerprint density at radius 2 is 1.86 bits per heavy atom. The highest BCUT2D eigenvalue weighted by Gasteiger charge is 2.20. The van der Waals surface area contributed by atoms with Gasteiger partial charge in [0.15, 0.2) is 11.2 Å². The quantitative estimate of drug-likeness (QED) is 0.507. The Hall–Kier alpha value is -3.20. The van der Waals surface area contributed by atoms with Crippen LogP contribution in [0, 0.1) is 12.7 Å². The van der Waals surface area contributed by atoms with E-state index in [1.54, 1.807) is 29.6 Å². The number of imidazole rings is 2. The Balaban J connectivity index is 1.95. The molecule has 0 amide bonds. The first kappa shape index (κ1) is 19.1. The number of nitrogens with zero attached hydrogens (tertiary/aromatic N) is 6. The van der Waals surface area contributed by atoms with Crippen LogP contribution in [0.3, 0.4) is 0 Å². The second kappa shape index (κ2) is 7.00. The molecule has 4 aromatic rings. The van der Waals surface area contributed by atoms with Crippen molar-refractivity contribution in [1.29, 1.82) is 0 Å². The maximum atomic E-state index is 14.1. The average Bonchev–Trinajstić information content (AvgIpc) is 3.18. The van der Waals surface area contributed by atoms with Crippen LogP contribution in [-0.2, 0) is 20.1 Å². The highest BCUT2D eigenvalue weighted by molar-refractivity contribution is 5.75. The molecule has 3 heterocycles. The van der Waals surface area contributed by atoms with Gasteiger partial charge in [0.05, 0.1) is 6.54 Å². The predicted molar refractivity (Wildman–Crippen MR) is 109 cm³/mol. The molecule has 3 aromatic heterocycles. The van der Waals surface area contributed by atoms with E-state index in [1.807, 2.05) is 31.8 Å². The minimum atomic E-state index is -0.525. The van der Waals surface area contributed by atoms with E-state index in [-0.39, 0.29) is 12.1 Å². The molecule has 0 unspecified atom stereocenters. The molecule has 0 aliphatic carbocycles. The molecular formula is C20H23FN6O2. The molecule has 0 saturated carbocycles. The van der Waals surface area contributed by atoms with E-state index in [2.05, 4.69) is 9.88 Å². The van der Waals surface area contributed by atoms with Crippen molar-refractivity contribution in [2.24, 2.45) is 7.05 Å². The lowest BCUT2D eigenvalue weighted by Gasteiger charge is -2.11. The standard InChI is InChI=1S/C20H23FN6O2/c1-13-11-26-16-17(22-19(26)25(13)10-9-23(2)3)24(4)20(29)27(18(16)28)12-14-7-5-6-8-15(14)21/h5-8,11H,9-10,12H2,1-4H3. The molecule has 1 aromatic carbocycles. The fourth-order valence-corrected chi connectivity index (χ4v) is 3.57. The molecule has 0 fully saturated rings. The Morgan fingerprint density at radius 1 is 1.14 bits per heavy atom. The molecule has 0 radical (unpaired) electrons. The average molecular weight is 398 g/mol. The van der Waals surface area contributed by atoms with Gasteiger partial charge in [-0.25, -0.2) is 9.18 Å². The van der Waals surface area contributed by atoms with Crippen LogP contribution in [-0.4, -0.2) is 48.6 Å². The molecule has 4 rings (SSSR count). The summed E-state index contributed by atoms with van der Waals surface area (Å²) in [4.78, 5) is 32.7. The zero-order valence-electron chi connectivity index (χ0n) is 16.9. The van der Waals surface area contributed by atoms with Gasteiger partial charge in [-0.2, -0.15) is 4.98 Å². The molecule has 0 aliphatic heterocycles. The summed E-state index contributed by atoms with van der Waals surface area (Å²) < 4.78 is 20.2. The molecule has 9 heteroatoms. The number of likely N-dealkylation sites (N-methyl/N-ethyl adjacent to an activating group) is 1. The molecule has 0 atom stereocenters. The van der Waals surface area contributed by atoms with Gasteiger partial charge in [-0.1, -0.05) is 18.2 Å². The van der Waals surface area contributed by atoms with Crippen molar-refractivity contribution < 1.29 is 4.39 Å². The van der Waals surface area contributed by atoms with Crippen molar-refractivity contribution in [2.45, 2.75) is 20.0 Å². The van der Waals surface area contributed by atoms with E-state index < -0.39 is 17.1 Å².